The molecule has 9 heteroatoms. The zero-order valence-corrected chi connectivity index (χ0v) is 14.8. The van der Waals surface area contributed by atoms with Crippen molar-refractivity contribution < 1.29 is 62.0 Å². The van der Waals surface area contributed by atoms with E-state index in [2.05, 4.69) is 4.74 Å². The number of hydrogen-bond donors (Lipinski definition) is 1. The van der Waals surface area contributed by atoms with Gasteiger partial charge >= 0.3 is 35.5 Å². The summed E-state index contributed by atoms with van der Waals surface area (Å²) in [7, 11) is -4.81. The number of ether oxygens (including phenoxy) is 1. The maximum Gasteiger partial charge on any atom is 1.00 e. The van der Waals surface area contributed by atoms with Crippen LogP contribution in [0.4, 0.5) is 0 Å². The topological polar surface area (TPSA) is 121 Å². The summed E-state index contributed by atoms with van der Waals surface area (Å²) in [6.45, 7) is 4.07. The molecule has 1 N–H and O–H groups in total. The molecule has 0 saturated carbocycles. The first-order chi connectivity index (χ1) is 8.64. The van der Waals surface area contributed by atoms with Crippen LogP contribution in [0, 0.1) is 5.92 Å². The zero-order valence-electron chi connectivity index (χ0n) is 12.0. The molecule has 0 saturated heterocycles. The van der Waals surface area contributed by atoms with Gasteiger partial charge in [0, 0.05) is 12.4 Å². The van der Waals surface area contributed by atoms with Crippen molar-refractivity contribution in [1.82, 2.24) is 0 Å². The fourth-order valence-electron chi connectivity index (χ4n) is 1.38. The Morgan fingerprint density at radius 2 is 1.80 bits per heavy atom. The maximum atomic E-state index is 11.4. The van der Waals surface area contributed by atoms with E-state index in [1.807, 2.05) is 13.8 Å². The minimum absolute atomic E-state index is 0. The van der Waals surface area contributed by atoms with Gasteiger partial charge in [-0.3, -0.25) is 9.35 Å². The fraction of sp³-hybridized carbons (Fsp3) is 0.818. The second kappa shape index (κ2) is 10.6. The van der Waals surface area contributed by atoms with Crippen molar-refractivity contribution in [2.24, 2.45) is 5.92 Å². The van der Waals surface area contributed by atoms with E-state index < -0.39 is 33.7 Å². The van der Waals surface area contributed by atoms with Gasteiger partial charge in [-0.2, -0.15) is 8.42 Å². The van der Waals surface area contributed by atoms with Crippen LogP contribution in [0.3, 0.4) is 0 Å². The van der Waals surface area contributed by atoms with Crippen LogP contribution in [0.1, 0.15) is 39.5 Å². The Morgan fingerprint density at radius 3 is 2.20 bits per heavy atom. The van der Waals surface area contributed by atoms with Crippen LogP contribution in [0.15, 0.2) is 0 Å². The summed E-state index contributed by atoms with van der Waals surface area (Å²) in [5, 5.41) is 8.20. The molecule has 0 fully saturated rings. The van der Waals surface area contributed by atoms with Crippen molar-refractivity contribution in [3.63, 3.8) is 0 Å². The number of carboxylic acids is 1. The first-order valence-corrected chi connectivity index (χ1v) is 7.47. The summed E-state index contributed by atoms with van der Waals surface area (Å²) < 4.78 is 35.1. The minimum Gasteiger partial charge on any atom is -0.550 e. The van der Waals surface area contributed by atoms with Crippen LogP contribution < -0.4 is 34.7 Å². The Hall–Kier alpha value is -0.150. The van der Waals surface area contributed by atoms with Crippen molar-refractivity contribution in [2.45, 2.75) is 44.8 Å². The second-order valence-electron chi connectivity index (χ2n) is 4.64. The van der Waals surface area contributed by atoms with Gasteiger partial charge < -0.3 is 14.6 Å². The normalized spacial score (nSPS) is 12.6. The molecular weight excluding hydrogens is 299 g/mol. The van der Waals surface area contributed by atoms with E-state index in [1.54, 1.807) is 0 Å². The Morgan fingerprint density at radius 1 is 1.25 bits per heavy atom. The summed E-state index contributed by atoms with van der Waals surface area (Å²) in [4.78, 5) is 21.7. The summed E-state index contributed by atoms with van der Waals surface area (Å²) in [5.74, 6) is -2.50. The van der Waals surface area contributed by atoms with E-state index in [1.165, 1.54) is 0 Å². The summed E-state index contributed by atoms with van der Waals surface area (Å²) in [6.07, 6.45) is 1.18. The van der Waals surface area contributed by atoms with E-state index in [9.17, 15) is 23.1 Å². The number of esters is 1. The van der Waals surface area contributed by atoms with Crippen LogP contribution in [0.5, 0.6) is 0 Å². The number of carbonyl (C=O) groups is 2. The van der Waals surface area contributed by atoms with Gasteiger partial charge in [0.15, 0.2) is 5.25 Å². The molecule has 0 aromatic carbocycles. The Kier molecular flexibility index (Phi) is 11.7. The molecule has 0 aromatic rings. The predicted molar refractivity (Wildman–Crippen MR) is 64.6 cm³/mol. The quantitative estimate of drug-likeness (QED) is 0.205. The molecule has 0 radical (unpaired) electrons. The number of aliphatic carboxylic acids is 1. The third kappa shape index (κ3) is 10.6. The number of hydrogen-bond acceptors (Lipinski definition) is 6. The molecule has 112 valence electrons. The third-order valence-corrected chi connectivity index (χ3v) is 3.47. The first kappa shape index (κ1) is 22.1. The summed E-state index contributed by atoms with van der Waals surface area (Å²) >= 11 is 0. The predicted octanol–water partition coefficient (Wildman–Crippen LogP) is -3.24. The van der Waals surface area contributed by atoms with Gasteiger partial charge in [0.05, 0.1) is 6.61 Å². The molecule has 0 aliphatic rings. The molecule has 1 unspecified atom stereocenters. The van der Waals surface area contributed by atoms with E-state index in [-0.39, 0.29) is 36.2 Å². The monoisotopic (exact) mass is 318 g/mol. The van der Waals surface area contributed by atoms with Gasteiger partial charge in [-0.25, -0.2) is 0 Å². The van der Waals surface area contributed by atoms with Crippen molar-refractivity contribution in [3.05, 3.63) is 0 Å². The van der Waals surface area contributed by atoms with Gasteiger partial charge in [-0.15, -0.1) is 0 Å². The van der Waals surface area contributed by atoms with E-state index in [0.29, 0.717) is 12.3 Å². The maximum absolute atomic E-state index is 11.4. The smallest absolute Gasteiger partial charge is 0.550 e. The molecule has 1 atom stereocenters. The van der Waals surface area contributed by atoms with E-state index >= 15 is 0 Å². The first-order valence-electron chi connectivity index (χ1n) is 5.97. The standard InChI is InChI=1S/C11H20O7S.Na/c1-8(2)5-3-4-6-18-11(14)9(7-10(12)13)19(15,16)17;/h8-9H,3-7H2,1-2H3,(H,12,13)(H,15,16,17);/q;+1/p-1. The van der Waals surface area contributed by atoms with Crippen LogP contribution in [0.25, 0.3) is 0 Å². The largest absolute Gasteiger partial charge is 1.00 e. The van der Waals surface area contributed by atoms with Crippen LogP contribution in [0.2, 0.25) is 0 Å². The van der Waals surface area contributed by atoms with Crippen molar-refractivity contribution in [2.75, 3.05) is 6.61 Å². The SMILES string of the molecule is CC(C)CCCCOC(=O)C(CC(=O)[O-])S(=O)(=O)O.[Na+]. The molecule has 0 rings (SSSR count). The van der Waals surface area contributed by atoms with Gasteiger partial charge in [0.2, 0.25) is 0 Å². The van der Waals surface area contributed by atoms with Crippen LogP contribution >= 0.6 is 0 Å². The fourth-order valence-corrected chi connectivity index (χ4v) is 2.04. The molecule has 0 bridgehead atoms. The average molecular weight is 318 g/mol. The molecule has 20 heavy (non-hydrogen) atoms. The summed E-state index contributed by atoms with van der Waals surface area (Å²) in [5.41, 5.74) is 0. The van der Waals surface area contributed by atoms with Crippen LogP contribution in [-0.2, 0) is 24.4 Å². The third-order valence-electron chi connectivity index (χ3n) is 2.39. The number of unbranched alkanes of at least 4 members (excludes halogenated alkanes) is 1. The van der Waals surface area contributed by atoms with Gasteiger partial charge in [-0.05, 0) is 18.8 Å². The minimum atomic E-state index is -4.81. The van der Waals surface area contributed by atoms with Crippen LogP contribution in [-0.4, -0.2) is 36.8 Å². The van der Waals surface area contributed by atoms with Gasteiger partial charge in [-0.1, -0.05) is 20.3 Å². The Bertz CT molecular complexity index is 405. The van der Waals surface area contributed by atoms with Gasteiger partial charge in [0.25, 0.3) is 10.1 Å². The molecule has 0 aromatic heterocycles. The molecule has 0 aliphatic carbocycles. The Labute approximate surface area is 141 Å². The van der Waals surface area contributed by atoms with E-state index in [0.717, 1.165) is 12.8 Å². The Balaban J connectivity index is 0. The average Bonchev–Trinajstić information content (AvgIpc) is 2.23. The van der Waals surface area contributed by atoms with E-state index in [4.69, 9.17) is 4.55 Å². The molecule has 7 nitrogen and oxygen atoms in total. The number of rotatable bonds is 9. The van der Waals surface area contributed by atoms with Gasteiger partial charge in [0.1, 0.15) is 0 Å². The molecule has 0 heterocycles. The van der Waals surface area contributed by atoms with Crippen molar-refractivity contribution >= 4 is 22.1 Å². The van der Waals surface area contributed by atoms with Crippen molar-refractivity contribution in [1.29, 1.82) is 0 Å². The molecule has 0 spiro atoms. The molecule has 0 amide bonds. The zero-order chi connectivity index (χ0) is 15.1. The molecule has 0 aliphatic heterocycles. The van der Waals surface area contributed by atoms with Crippen molar-refractivity contribution in [3.8, 4) is 0 Å². The summed E-state index contributed by atoms with van der Waals surface area (Å²) in [6, 6.07) is 0. The number of carboxylic acid groups (broad SMARTS) is 1. The molecular formula is C11H19NaO7S. The second-order valence-corrected chi connectivity index (χ2v) is 6.24. The number of carbonyl (C=O) groups excluding carboxylic acids is 2.